The normalized spacial score (nSPS) is 17.7. The quantitative estimate of drug-likeness (QED) is 0.832. The van der Waals surface area contributed by atoms with Gasteiger partial charge >= 0.3 is 0 Å². The van der Waals surface area contributed by atoms with Crippen molar-refractivity contribution in [3.8, 4) is 0 Å². The number of aromatic nitrogens is 2. The molecule has 1 saturated carbocycles. The Bertz CT molecular complexity index is 390. The summed E-state index contributed by atoms with van der Waals surface area (Å²) in [5.74, 6) is 1.49. The molecule has 100 valence electrons. The lowest BCUT2D eigenvalue weighted by atomic mass is 10.0. The van der Waals surface area contributed by atoms with Gasteiger partial charge in [0, 0.05) is 26.3 Å². The van der Waals surface area contributed by atoms with E-state index in [9.17, 15) is 5.11 Å². The molecule has 1 fully saturated rings. The lowest BCUT2D eigenvalue weighted by Crippen LogP contribution is -2.39. The van der Waals surface area contributed by atoms with Crippen molar-refractivity contribution in [1.29, 1.82) is 0 Å². The molecule has 1 heterocycles. The zero-order chi connectivity index (χ0) is 13.0. The van der Waals surface area contributed by atoms with Gasteiger partial charge in [-0.05, 0) is 25.8 Å². The highest BCUT2D eigenvalue weighted by molar-refractivity contribution is 5.42. The third kappa shape index (κ3) is 3.10. The molecule has 5 nitrogen and oxygen atoms in total. The van der Waals surface area contributed by atoms with Gasteiger partial charge in [0.25, 0.3) is 0 Å². The number of nitrogens with zero attached hydrogens (tertiary/aromatic N) is 3. The van der Waals surface area contributed by atoms with Gasteiger partial charge in [0.15, 0.2) is 0 Å². The first kappa shape index (κ1) is 13.1. The minimum Gasteiger partial charge on any atom is -0.388 e. The van der Waals surface area contributed by atoms with Crippen LogP contribution in [0.1, 0.15) is 32.6 Å². The topological polar surface area (TPSA) is 61.3 Å². The Hall–Kier alpha value is -1.36. The Labute approximate surface area is 108 Å². The molecule has 1 aliphatic rings. The Morgan fingerprint density at radius 2 is 2.17 bits per heavy atom. The van der Waals surface area contributed by atoms with Crippen LogP contribution in [0, 0.1) is 0 Å². The summed E-state index contributed by atoms with van der Waals surface area (Å²) in [5.41, 5.74) is -0.544. The first-order valence-corrected chi connectivity index (χ1v) is 6.63. The molecule has 18 heavy (non-hydrogen) atoms. The second-order valence-corrected chi connectivity index (χ2v) is 5.06. The summed E-state index contributed by atoms with van der Waals surface area (Å²) >= 11 is 0. The molecule has 1 aliphatic carbocycles. The van der Waals surface area contributed by atoms with Gasteiger partial charge in [-0.3, -0.25) is 0 Å². The third-order valence-electron chi connectivity index (χ3n) is 3.43. The fraction of sp³-hybridized carbons (Fsp3) is 0.692. The van der Waals surface area contributed by atoms with Gasteiger partial charge in [-0.15, -0.1) is 0 Å². The van der Waals surface area contributed by atoms with Gasteiger partial charge in [-0.2, -0.15) is 4.98 Å². The number of hydrogen-bond acceptors (Lipinski definition) is 5. The van der Waals surface area contributed by atoms with E-state index in [0.717, 1.165) is 38.0 Å². The van der Waals surface area contributed by atoms with E-state index >= 15 is 0 Å². The molecule has 0 spiro atoms. The van der Waals surface area contributed by atoms with Crippen molar-refractivity contribution in [2.75, 3.05) is 30.4 Å². The van der Waals surface area contributed by atoms with Crippen LogP contribution >= 0.6 is 0 Å². The number of likely N-dealkylation sites (N-methyl/N-ethyl adjacent to an activating group) is 1. The van der Waals surface area contributed by atoms with Crippen molar-refractivity contribution in [3.05, 3.63) is 12.3 Å². The molecule has 2 rings (SSSR count). The second-order valence-electron chi connectivity index (χ2n) is 5.06. The maximum absolute atomic E-state index is 10.4. The number of aliphatic hydroxyl groups is 1. The summed E-state index contributed by atoms with van der Waals surface area (Å²) in [5, 5.41) is 13.5. The number of nitrogens with one attached hydrogen (secondary N) is 1. The van der Waals surface area contributed by atoms with E-state index < -0.39 is 5.60 Å². The number of rotatable bonds is 5. The zero-order valence-electron chi connectivity index (χ0n) is 11.2. The molecular weight excluding hydrogens is 228 g/mol. The van der Waals surface area contributed by atoms with E-state index in [1.165, 1.54) is 0 Å². The molecule has 0 bridgehead atoms. The summed E-state index contributed by atoms with van der Waals surface area (Å²) < 4.78 is 0. The minimum absolute atomic E-state index is 0.544. The van der Waals surface area contributed by atoms with Crippen molar-refractivity contribution in [1.82, 2.24) is 9.97 Å². The second kappa shape index (κ2) is 5.52. The molecule has 1 aromatic heterocycles. The molecule has 5 heteroatoms. The fourth-order valence-electron chi connectivity index (χ4n) is 2.52. The third-order valence-corrected chi connectivity index (χ3v) is 3.43. The molecule has 0 aromatic carbocycles. The van der Waals surface area contributed by atoms with Gasteiger partial charge in [0.1, 0.15) is 5.82 Å². The van der Waals surface area contributed by atoms with Crippen LogP contribution in [-0.4, -0.2) is 40.8 Å². The predicted octanol–water partition coefficient (Wildman–Crippen LogP) is 1.65. The van der Waals surface area contributed by atoms with E-state index in [1.807, 2.05) is 24.9 Å². The highest BCUT2D eigenvalue weighted by Crippen LogP contribution is 2.30. The largest absolute Gasteiger partial charge is 0.388 e. The molecule has 0 saturated heterocycles. The average molecular weight is 250 g/mol. The maximum atomic E-state index is 10.4. The van der Waals surface area contributed by atoms with Crippen LogP contribution in [0.4, 0.5) is 11.8 Å². The van der Waals surface area contributed by atoms with Crippen LogP contribution in [0.2, 0.25) is 0 Å². The summed E-state index contributed by atoms with van der Waals surface area (Å²) in [6.07, 6.45) is 5.77. The molecular formula is C13H22N4O. The predicted molar refractivity (Wildman–Crippen MR) is 72.9 cm³/mol. The van der Waals surface area contributed by atoms with Crippen LogP contribution in [0.15, 0.2) is 12.3 Å². The zero-order valence-corrected chi connectivity index (χ0v) is 11.2. The van der Waals surface area contributed by atoms with Crippen LogP contribution < -0.4 is 10.2 Å². The molecule has 0 amide bonds. The van der Waals surface area contributed by atoms with Crippen LogP contribution in [0.5, 0.6) is 0 Å². The average Bonchev–Trinajstić information content (AvgIpc) is 2.76. The summed E-state index contributed by atoms with van der Waals surface area (Å²) in [6, 6.07) is 1.87. The summed E-state index contributed by atoms with van der Waals surface area (Å²) in [6.45, 7) is 3.45. The van der Waals surface area contributed by atoms with Crippen molar-refractivity contribution < 1.29 is 5.11 Å². The molecule has 0 radical (unpaired) electrons. The van der Waals surface area contributed by atoms with E-state index in [1.54, 1.807) is 6.20 Å². The Kier molecular flexibility index (Phi) is 4.01. The number of hydrogen-bond donors (Lipinski definition) is 2. The van der Waals surface area contributed by atoms with Gasteiger partial charge < -0.3 is 15.3 Å². The SMILES string of the molecule is CCNc1nccc(N(C)CC2(O)CCCC2)n1. The smallest absolute Gasteiger partial charge is 0.224 e. The monoisotopic (exact) mass is 250 g/mol. The van der Waals surface area contributed by atoms with Crippen LogP contribution in [0.25, 0.3) is 0 Å². The van der Waals surface area contributed by atoms with Gasteiger partial charge in [0.2, 0.25) is 5.95 Å². The summed E-state index contributed by atoms with van der Waals surface area (Å²) in [4.78, 5) is 10.6. The van der Waals surface area contributed by atoms with Crippen molar-refractivity contribution in [3.63, 3.8) is 0 Å². The Morgan fingerprint density at radius 3 is 2.83 bits per heavy atom. The van der Waals surface area contributed by atoms with E-state index in [0.29, 0.717) is 12.5 Å². The fourth-order valence-corrected chi connectivity index (χ4v) is 2.52. The van der Waals surface area contributed by atoms with Crippen LogP contribution in [-0.2, 0) is 0 Å². The van der Waals surface area contributed by atoms with Crippen molar-refractivity contribution >= 4 is 11.8 Å². The van der Waals surface area contributed by atoms with Gasteiger partial charge in [-0.1, -0.05) is 12.8 Å². The molecule has 1 aromatic rings. The van der Waals surface area contributed by atoms with E-state index in [2.05, 4.69) is 15.3 Å². The van der Waals surface area contributed by atoms with Crippen molar-refractivity contribution in [2.45, 2.75) is 38.2 Å². The summed E-state index contributed by atoms with van der Waals surface area (Å²) in [7, 11) is 1.97. The lowest BCUT2D eigenvalue weighted by molar-refractivity contribution is 0.0558. The molecule has 0 unspecified atom stereocenters. The molecule has 0 atom stereocenters. The van der Waals surface area contributed by atoms with Gasteiger partial charge in [0.05, 0.1) is 5.60 Å². The highest BCUT2D eigenvalue weighted by Gasteiger charge is 2.32. The van der Waals surface area contributed by atoms with Crippen LogP contribution in [0.3, 0.4) is 0 Å². The minimum atomic E-state index is -0.544. The van der Waals surface area contributed by atoms with E-state index in [4.69, 9.17) is 0 Å². The number of anilines is 2. The molecule has 0 aliphatic heterocycles. The van der Waals surface area contributed by atoms with Crippen molar-refractivity contribution in [2.24, 2.45) is 0 Å². The maximum Gasteiger partial charge on any atom is 0.224 e. The first-order valence-electron chi connectivity index (χ1n) is 6.63. The first-order chi connectivity index (χ1) is 8.63. The lowest BCUT2D eigenvalue weighted by Gasteiger charge is -2.29. The highest BCUT2D eigenvalue weighted by atomic mass is 16.3. The standard InChI is InChI=1S/C13H22N4O/c1-3-14-12-15-9-6-11(16-12)17(2)10-13(18)7-4-5-8-13/h6,9,18H,3-5,7-8,10H2,1-2H3,(H,14,15,16). The Morgan fingerprint density at radius 1 is 1.44 bits per heavy atom. The van der Waals surface area contributed by atoms with Gasteiger partial charge in [-0.25, -0.2) is 4.98 Å². The molecule has 2 N–H and O–H groups in total. The van der Waals surface area contributed by atoms with E-state index in [-0.39, 0.29) is 0 Å². The Balaban J connectivity index is 2.03.